The van der Waals surface area contributed by atoms with Gasteiger partial charge in [-0.1, -0.05) is 11.8 Å². The van der Waals surface area contributed by atoms with Crippen molar-refractivity contribution < 1.29 is 4.79 Å². The standard InChI is InChI=1S/C9H17N3OS.HI/c1-8(13)11-4-6-12(7-5-11)9(10-2)14-3;/h4-7H2,1-3H3;1H. The van der Waals surface area contributed by atoms with E-state index >= 15 is 0 Å². The van der Waals surface area contributed by atoms with Gasteiger partial charge in [-0.25, -0.2) is 0 Å². The summed E-state index contributed by atoms with van der Waals surface area (Å²) in [6.07, 6.45) is 2.03. The Balaban J connectivity index is 0.00000196. The van der Waals surface area contributed by atoms with Crippen molar-refractivity contribution in [1.29, 1.82) is 0 Å². The summed E-state index contributed by atoms with van der Waals surface area (Å²) in [6, 6.07) is 0. The molecule has 1 saturated heterocycles. The molecule has 0 atom stereocenters. The number of aliphatic imine (C=N–C) groups is 1. The number of piperazine rings is 1. The molecule has 6 heteroatoms. The summed E-state index contributed by atoms with van der Waals surface area (Å²) in [5.41, 5.74) is 0. The number of hydrogen-bond acceptors (Lipinski definition) is 3. The highest BCUT2D eigenvalue weighted by Gasteiger charge is 2.19. The highest BCUT2D eigenvalue weighted by Crippen LogP contribution is 2.09. The zero-order valence-corrected chi connectivity index (χ0v) is 12.5. The summed E-state index contributed by atoms with van der Waals surface area (Å²) in [4.78, 5) is 19.4. The van der Waals surface area contributed by atoms with Gasteiger partial charge in [-0.05, 0) is 6.26 Å². The number of rotatable bonds is 0. The molecular weight excluding hydrogens is 325 g/mol. The van der Waals surface area contributed by atoms with E-state index in [1.54, 1.807) is 18.7 Å². The zero-order chi connectivity index (χ0) is 10.6. The molecule has 1 aliphatic rings. The molecule has 4 nitrogen and oxygen atoms in total. The molecule has 1 amide bonds. The molecule has 88 valence electrons. The van der Waals surface area contributed by atoms with Gasteiger partial charge in [0.25, 0.3) is 0 Å². The summed E-state index contributed by atoms with van der Waals surface area (Å²) < 4.78 is 0. The van der Waals surface area contributed by atoms with E-state index in [9.17, 15) is 4.79 Å². The average Bonchev–Trinajstić information content (AvgIpc) is 2.20. The molecule has 0 spiro atoms. The van der Waals surface area contributed by atoms with Gasteiger partial charge in [0.2, 0.25) is 5.91 Å². The van der Waals surface area contributed by atoms with Crippen molar-refractivity contribution in [3.63, 3.8) is 0 Å². The molecule has 0 N–H and O–H groups in total. The molecule has 0 aromatic carbocycles. The molecule has 15 heavy (non-hydrogen) atoms. The number of amidine groups is 1. The summed E-state index contributed by atoms with van der Waals surface area (Å²) in [7, 11) is 1.81. The number of nitrogens with zero attached hydrogens (tertiary/aromatic N) is 3. The first-order valence-electron chi connectivity index (χ1n) is 4.70. The highest BCUT2D eigenvalue weighted by atomic mass is 127. The van der Waals surface area contributed by atoms with E-state index in [1.807, 2.05) is 18.2 Å². The Morgan fingerprint density at radius 2 is 1.67 bits per heavy atom. The number of halogens is 1. The smallest absolute Gasteiger partial charge is 0.219 e. The van der Waals surface area contributed by atoms with Crippen molar-refractivity contribution in [2.24, 2.45) is 4.99 Å². The van der Waals surface area contributed by atoms with Gasteiger partial charge in [0.15, 0.2) is 5.17 Å². The van der Waals surface area contributed by atoms with Gasteiger partial charge in [-0.3, -0.25) is 9.79 Å². The summed E-state index contributed by atoms with van der Waals surface area (Å²) in [6.45, 7) is 5.04. The van der Waals surface area contributed by atoms with Crippen molar-refractivity contribution >= 4 is 46.8 Å². The SMILES string of the molecule is CN=C(SC)N1CCN(C(C)=O)CC1.I. The van der Waals surface area contributed by atoms with E-state index in [1.165, 1.54) is 0 Å². The minimum absolute atomic E-state index is 0. The molecule has 0 saturated carbocycles. The first-order chi connectivity index (χ1) is 6.69. The lowest BCUT2D eigenvalue weighted by atomic mass is 10.3. The molecular formula is C9H18IN3OS. The van der Waals surface area contributed by atoms with Crippen LogP contribution in [0.5, 0.6) is 0 Å². The van der Waals surface area contributed by atoms with Crippen molar-refractivity contribution in [2.45, 2.75) is 6.92 Å². The van der Waals surface area contributed by atoms with Gasteiger partial charge in [0.1, 0.15) is 0 Å². The Hall–Kier alpha value is 0.0200. The summed E-state index contributed by atoms with van der Waals surface area (Å²) in [5, 5.41) is 1.06. The number of carbonyl (C=O) groups is 1. The Bertz CT molecular complexity index is 240. The highest BCUT2D eigenvalue weighted by molar-refractivity contribution is 14.0. The molecule has 0 aromatic heterocycles. The van der Waals surface area contributed by atoms with Gasteiger partial charge in [0, 0.05) is 40.2 Å². The molecule has 0 aliphatic carbocycles. The van der Waals surface area contributed by atoms with Crippen LogP contribution in [0.2, 0.25) is 0 Å². The van der Waals surface area contributed by atoms with Crippen LogP contribution >= 0.6 is 35.7 Å². The lowest BCUT2D eigenvalue weighted by Gasteiger charge is -2.35. The van der Waals surface area contributed by atoms with Gasteiger partial charge in [-0.15, -0.1) is 24.0 Å². The molecule has 0 aromatic rings. The van der Waals surface area contributed by atoms with E-state index < -0.39 is 0 Å². The molecule has 1 rings (SSSR count). The largest absolute Gasteiger partial charge is 0.348 e. The van der Waals surface area contributed by atoms with Gasteiger partial charge >= 0.3 is 0 Å². The lowest BCUT2D eigenvalue weighted by Crippen LogP contribution is -2.49. The van der Waals surface area contributed by atoms with Crippen LogP contribution in [0.1, 0.15) is 6.92 Å². The number of thioether (sulfide) groups is 1. The third kappa shape index (κ3) is 4.18. The maximum absolute atomic E-state index is 11.1. The average molecular weight is 343 g/mol. The molecule has 1 aliphatic heterocycles. The van der Waals surface area contributed by atoms with Crippen LogP contribution in [0, 0.1) is 0 Å². The fourth-order valence-corrected chi connectivity index (χ4v) is 2.20. The minimum atomic E-state index is 0. The monoisotopic (exact) mass is 343 g/mol. The fraction of sp³-hybridized carbons (Fsp3) is 0.778. The van der Waals surface area contributed by atoms with Crippen LogP contribution < -0.4 is 0 Å². The van der Waals surface area contributed by atoms with Gasteiger partial charge in [-0.2, -0.15) is 0 Å². The fourth-order valence-electron chi connectivity index (χ4n) is 1.57. The first-order valence-corrected chi connectivity index (χ1v) is 5.92. The van der Waals surface area contributed by atoms with Crippen LogP contribution in [0.25, 0.3) is 0 Å². The number of carbonyl (C=O) groups excluding carboxylic acids is 1. The molecule has 0 unspecified atom stereocenters. The summed E-state index contributed by atoms with van der Waals surface area (Å²) >= 11 is 1.66. The minimum Gasteiger partial charge on any atom is -0.348 e. The van der Waals surface area contributed by atoms with E-state index in [2.05, 4.69) is 9.89 Å². The Morgan fingerprint density at radius 1 is 1.20 bits per heavy atom. The van der Waals surface area contributed by atoms with Crippen molar-refractivity contribution in [3.8, 4) is 0 Å². The molecule has 1 heterocycles. The van der Waals surface area contributed by atoms with Crippen molar-refractivity contribution in [3.05, 3.63) is 0 Å². The van der Waals surface area contributed by atoms with E-state index in [4.69, 9.17) is 0 Å². The predicted molar refractivity (Wildman–Crippen MR) is 76.1 cm³/mol. The lowest BCUT2D eigenvalue weighted by molar-refractivity contribution is -0.130. The number of hydrogen-bond donors (Lipinski definition) is 0. The van der Waals surface area contributed by atoms with E-state index in [0.29, 0.717) is 0 Å². The van der Waals surface area contributed by atoms with Crippen molar-refractivity contribution in [1.82, 2.24) is 9.80 Å². The number of amides is 1. The van der Waals surface area contributed by atoms with Crippen molar-refractivity contribution in [2.75, 3.05) is 39.5 Å². The zero-order valence-electron chi connectivity index (χ0n) is 9.39. The quantitative estimate of drug-likeness (QED) is 0.376. The third-order valence-electron chi connectivity index (χ3n) is 2.37. The van der Waals surface area contributed by atoms with Crippen LogP contribution in [-0.4, -0.2) is 60.4 Å². The Morgan fingerprint density at radius 3 is 2.00 bits per heavy atom. The van der Waals surface area contributed by atoms with Crippen LogP contribution in [0.15, 0.2) is 4.99 Å². The van der Waals surface area contributed by atoms with Crippen LogP contribution in [-0.2, 0) is 4.79 Å². The normalized spacial score (nSPS) is 17.4. The van der Waals surface area contributed by atoms with Crippen LogP contribution in [0.4, 0.5) is 0 Å². The Labute approximate surface area is 112 Å². The summed E-state index contributed by atoms with van der Waals surface area (Å²) in [5.74, 6) is 0.170. The third-order valence-corrected chi connectivity index (χ3v) is 3.18. The topological polar surface area (TPSA) is 35.9 Å². The molecule has 1 fully saturated rings. The second-order valence-corrected chi connectivity index (χ2v) is 3.98. The van der Waals surface area contributed by atoms with E-state index in [-0.39, 0.29) is 29.9 Å². The second-order valence-electron chi connectivity index (χ2n) is 3.20. The molecule has 0 radical (unpaired) electrons. The Kier molecular flexibility index (Phi) is 7.33. The van der Waals surface area contributed by atoms with Gasteiger partial charge < -0.3 is 9.80 Å². The second kappa shape index (κ2) is 7.32. The maximum atomic E-state index is 11.1. The first kappa shape index (κ1) is 15.0. The maximum Gasteiger partial charge on any atom is 0.219 e. The molecule has 0 bridgehead atoms. The van der Waals surface area contributed by atoms with Gasteiger partial charge in [0.05, 0.1) is 0 Å². The van der Waals surface area contributed by atoms with Crippen LogP contribution in [0.3, 0.4) is 0 Å². The van der Waals surface area contributed by atoms with E-state index in [0.717, 1.165) is 31.3 Å². The predicted octanol–water partition coefficient (Wildman–Crippen LogP) is 1.12.